The van der Waals surface area contributed by atoms with Gasteiger partial charge in [-0.3, -0.25) is 0 Å². The summed E-state index contributed by atoms with van der Waals surface area (Å²) in [6, 6.07) is 19.6. The van der Waals surface area contributed by atoms with Crippen LogP contribution in [-0.4, -0.2) is 30.4 Å². The highest BCUT2D eigenvalue weighted by Crippen LogP contribution is 2.47. The van der Waals surface area contributed by atoms with Crippen LogP contribution in [0.1, 0.15) is 63.5 Å². The summed E-state index contributed by atoms with van der Waals surface area (Å²) in [5.41, 5.74) is 8.43. The molecule has 0 spiro atoms. The molecular formula is C37H41N2O3+. The van der Waals surface area contributed by atoms with E-state index in [1.54, 1.807) is 7.11 Å². The fraction of sp³-hybridized carbons (Fsp3) is 0.351. The molecule has 6 rings (SSSR count). The molecule has 0 fully saturated rings. The van der Waals surface area contributed by atoms with Crippen molar-refractivity contribution in [1.82, 2.24) is 4.98 Å². The molecule has 3 aromatic heterocycles. The van der Waals surface area contributed by atoms with E-state index in [0.717, 1.165) is 40.0 Å². The molecule has 1 N–H and O–H groups in total. The minimum atomic E-state index is -0.153. The van der Waals surface area contributed by atoms with Crippen molar-refractivity contribution in [3.8, 4) is 22.4 Å². The van der Waals surface area contributed by atoms with Crippen molar-refractivity contribution in [2.45, 2.75) is 58.4 Å². The van der Waals surface area contributed by atoms with Crippen molar-refractivity contribution in [1.29, 1.82) is 0 Å². The van der Waals surface area contributed by atoms with Gasteiger partial charge in [0, 0.05) is 42.8 Å². The molecule has 5 aromatic rings. The third-order valence-electron chi connectivity index (χ3n) is 8.58. The van der Waals surface area contributed by atoms with Crippen LogP contribution in [0.4, 0.5) is 0 Å². The van der Waals surface area contributed by atoms with Gasteiger partial charge in [0.1, 0.15) is 5.76 Å². The lowest BCUT2D eigenvalue weighted by atomic mass is 9.74. The second-order valence-corrected chi connectivity index (χ2v) is 13.1. The van der Waals surface area contributed by atoms with Crippen LogP contribution >= 0.6 is 0 Å². The number of hydrogen-bond acceptors (Lipinski definition) is 4. The van der Waals surface area contributed by atoms with Crippen molar-refractivity contribution >= 4 is 21.9 Å². The summed E-state index contributed by atoms with van der Waals surface area (Å²) in [4.78, 5) is 4.54. The number of nitrogens with zero attached hydrogens (tertiary/aromatic N) is 2. The number of ether oxygens (including phenoxy) is 1. The summed E-state index contributed by atoms with van der Waals surface area (Å²) in [5, 5.41) is 13.9. The van der Waals surface area contributed by atoms with Crippen LogP contribution in [0.5, 0.6) is 0 Å². The number of aliphatic hydroxyl groups excluding tert-OH is 1. The molecule has 0 amide bonds. The number of fused-ring (bicyclic) bond motifs is 6. The summed E-state index contributed by atoms with van der Waals surface area (Å²) >= 11 is 0. The summed E-state index contributed by atoms with van der Waals surface area (Å²) in [6.45, 7) is 16.0. The van der Waals surface area contributed by atoms with Gasteiger partial charge in [-0.05, 0) is 62.6 Å². The first-order valence-corrected chi connectivity index (χ1v) is 14.9. The Morgan fingerprint density at radius 1 is 1.05 bits per heavy atom. The topological polar surface area (TPSA) is 59.4 Å². The molecule has 0 saturated heterocycles. The van der Waals surface area contributed by atoms with Crippen LogP contribution in [0.3, 0.4) is 0 Å². The fourth-order valence-electron chi connectivity index (χ4n) is 6.79. The maximum absolute atomic E-state index is 10.4. The number of furan rings is 1. The maximum atomic E-state index is 10.4. The quantitative estimate of drug-likeness (QED) is 0.162. The van der Waals surface area contributed by atoms with Crippen LogP contribution in [-0.2, 0) is 16.6 Å². The third-order valence-corrected chi connectivity index (χ3v) is 8.58. The summed E-state index contributed by atoms with van der Waals surface area (Å²) in [6.07, 6.45) is 4.85. The van der Waals surface area contributed by atoms with Gasteiger partial charge >= 0.3 is 0 Å². The number of methoxy groups -OCH3 is 1. The van der Waals surface area contributed by atoms with Crippen LogP contribution < -0.4 is 4.57 Å². The van der Waals surface area contributed by atoms with E-state index in [2.05, 4.69) is 112 Å². The first-order chi connectivity index (χ1) is 20.1. The zero-order valence-electron chi connectivity index (χ0n) is 25.6. The van der Waals surface area contributed by atoms with Crippen molar-refractivity contribution < 1.29 is 18.8 Å². The zero-order valence-corrected chi connectivity index (χ0v) is 25.6. The van der Waals surface area contributed by atoms with Gasteiger partial charge in [-0.2, -0.15) is 4.57 Å². The highest BCUT2D eigenvalue weighted by atomic mass is 16.5. The molecular weight excluding hydrogens is 520 g/mol. The summed E-state index contributed by atoms with van der Waals surface area (Å²) < 4.78 is 14.3. The highest BCUT2D eigenvalue weighted by Gasteiger charge is 2.43. The van der Waals surface area contributed by atoms with E-state index in [4.69, 9.17) is 9.15 Å². The molecule has 1 aliphatic rings. The Kier molecular flexibility index (Phi) is 7.28. The number of benzene rings is 2. The lowest BCUT2D eigenvalue weighted by Crippen LogP contribution is -2.49. The SMILES string of the molecule is C=C(CO)C1C(COC)c2c(cc(C(C)(C)C)c3ccccc23)-c2cc(-c3ccnc4oc(CC(C)C)cc34)cc[n+]21. The van der Waals surface area contributed by atoms with E-state index in [1.165, 1.54) is 27.5 Å². The summed E-state index contributed by atoms with van der Waals surface area (Å²) in [7, 11) is 1.75. The molecule has 1 aliphatic heterocycles. The minimum absolute atomic E-state index is 0.00739. The molecule has 0 saturated carbocycles. The van der Waals surface area contributed by atoms with E-state index in [9.17, 15) is 5.11 Å². The number of pyridine rings is 2. The average Bonchev–Trinajstić information content (AvgIpc) is 3.37. The Morgan fingerprint density at radius 3 is 2.50 bits per heavy atom. The van der Waals surface area contributed by atoms with E-state index < -0.39 is 0 Å². The number of aromatic nitrogens is 2. The first-order valence-electron chi connectivity index (χ1n) is 14.9. The molecule has 0 bridgehead atoms. The van der Waals surface area contributed by atoms with E-state index >= 15 is 0 Å². The summed E-state index contributed by atoms with van der Waals surface area (Å²) in [5.74, 6) is 1.45. The molecule has 2 atom stereocenters. The molecule has 2 aromatic carbocycles. The van der Waals surface area contributed by atoms with Gasteiger partial charge in [-0.1, -0.05) is 65.5 Å². The van der Waals surface area contributed by atoms with Gasteiger partial charge in [0.05, 0.1) is 24.7 Å². The van der Waals surface area contributed by atoms with E-state index in [0.29, 0.717) is 18.2 Å². The van der Waals surface area contributed by atoms with Gasteiger partial charge in [0.15, 0.2) is 12.2 Å². The number of rotatable bonds is 7. The maximum Gasteiger partial charge on any atom is 0.226 e. The first kappa shape index (κ1) is 28.3. The van der Waals surface area contributed by atoms with Crippen LogP contribution in [0.2, 0.25) is 0 Å². The molecule has 0 radical (unpaired) electrons. The smallest absolute Gasteiger partial charge is 0.226 e. The largest absolute Gasteiger partial charge is 0.443 e. The molecule has 4 heterocycles. The van der Waals surface area contributed by atoms with E-state index in [1.807, 2.05) is 6.20 Å². The van der Waals surface area contributed by atoms with Crippen LogP contribution in [0.25, 0.3) is 44.3 Å². The zero-order chi connectivity index (χ0) is 29.8. The minimum Gasteiger partial charge on any atom is -0.443 e. The van der Waals surface area contributed by atoms with Crippen molar-refractivity contribution in [2.24, 2.45) is 5.92 Å². The molecule has 0 aliphatic carbocycles. The Bertz CT molecular complexity index is 1810. The van der Waals surface area contributed by atoms with Gasteiger partial charge in [-0.25, -0.2) is 4.98 Å². The van der Waals surface area contributed by atoms with Crippen LogP contribution in [0.15, 0.2) is 83.6 Å². The fourth-order valence-corrected chi connectivity index (χ4v) is 6.79. The molecule has 2 unspecified atom stereocenters. The van der Waals surface area contributed by atoms with Gasteiger partial charge in [0.25, 0.3) is 0 Å². The monoisotopic (exact) mass is 561 g/mol. The molecule has 216 valence electrons. The molecule has 5 heteroatoms. The number of hydrogen-bond donors (Lipinski definition) is 1. The lowest BCUT2D eigenvalue weighted by molar-refractivity contribution is -0.709. The Labute approximate surface area is 248 Å². The lowest BCUT2D eigenvalue weighted by Gasteiger charge is -2.34. The van der Waals surface area contributed by atoms with Crippen molar-refractivity contribution in [2.75, 3.05) is 20.3 Å². The Hall–Kier alpha value is -3.80. The van der Waals surface area contributed by atoms with Gasteiger partial charge in [0.2, 0.25) is 11.4 Å². The Balaban J connectivity index is 1.66. The predicted octanol–water partition coefficient (Wildman–Crippen LogP) is 7.93. The normalized spacial score (nSPS) is 16.7. The second kappa shape index (κ2) is 10.8. The van der Waals surface area contributed by atoms with Crippen molar-refractivity contribution in [3.63, 3.8) is 0 Å². The van der Waals surface area contributed by atoms with Gasteiger partial charge < -0.3 is 14.3 Å². The van der Waals surface area contributed by atoms with Crippen LogP contribution in [0, 0.1) is 5.92 Å². The van der Waals surface area contributed by atoms with E-state index in [-0.39, 0.29) is 24.0 Å². The number of aliphatic hydroxyl groups is 1. The average molecular weight is 562 g/mol. The predicted molar refractivity (Wildman–Crippen MR) is 170 cm³/mol. The standard InChI is InChI=1S/C37H41N2O3/c1-22(2)16-25-18-29-26(12-14-38-36(29)42-25)24-13-15-39-33(17-24)30-19-32(37(4,5)6)27-10-8-9-11-28(27)34(30)31(21-41-7)35(39)23(3)20-40/h8-15,17-19,22,31,35,40H,3,16,20-21H2,1-2,4-7H3/q+1. The van der Waals surface area contributed by atoms with Gasteiger partial charge in [-0.15, -0.1) is 0 Å². The molecule has 42 heavy (non-hydrogen) atoms. The van der Waals surface area contributed by atoms with Crippen molar-refractivity contribution in [3.05, 3.63) is 96.0 Å². The second-order valence-electron chi connectivity index (χ2n) is 13.1. The third kappa shape index (κ3) is 4.75. The highest BCUT2D eigenvalue weighted by molar-refractivity contribution is 5.97. The molecule has 5 nitrogen and oxygen atoms in total. The Morgan fingerprint density at radius 2 is 1.81 bits per heavy atom.